The number of rotatable bonds is 6. The molecule has 0 bridgehead atoms. The Morgan fingerprint density at radius 1 is 1.40 bits per heavy atom. The summed E-state index contributed by atoms with van der Waals surface area (Å²) < 4.78 is 5.38. The van der Waals surface area contributed by atoms with Gasteiger partial charge in [0.15, 0.2) is 0 Å². The number of thioether (sulfide) groups is 1. The smallest absolute Gasteiger partial charge is 0.119 e. The first-order chi connectivity index (χ1) is 9.65. The maximum atomic E-state index is 5.38. The normalized spacial score (nSPS) is 21.9. The minimum absolute atomic E-state index is 0.431. The molecule has 2 unspecified atom stereocenters. The first kappa shape index (κ1) is 15.7. The highest BCUT2D eigenvalue weighted by atomic mass is 32.2. The lowest BCUT2D eigenvalue weighted by atomic mass is 9.87. The van der Waals surface area contributed by atoms with Crippen LogP contribution in [-0.4, -0.2) is 50.7 Å². The molecule has 1 aromatic carbocycles. The second-order valence-corrected chi connectivity index (χ2v) is 6.93. The molecule has 0 radical (unpaired) electrons. The Hall–Kier alpha value is -0.710. The SMILES string of the molecule is CNC1c2cc(OC)ccc2CCC1SCCN(C)C. The molecule has 0 spiro atoms. The number of hydrogen-bond acceptors (Lipinski definition) is 4. The summed E-state index contributed by atoms with van der Waals surface area (Å²) in [7, 11) is 8.08. The van der Waals surface area contributed by atoms with Gasteiger partial charge < -0.3 is 15.0 Å². The maximum Gasteiger partial charge on any atom is 0.119 e. The highest BCUT2D eigenvalue weighted by Gasteiger charge is 2.28. The molecule has 112 valence electrons. The van der Waals surface area contributed by atoms with Crippen molar-refractivity contribution < 1.29 is 4.74 Å². The third-order valence-electron chi connectivity index (χ3n) is 3.94. The molecule has 3 nitrogen and oxygen atoms in total. The van der Waals surface area contributed by atoms with Crippen molar-refractivity contribution in [3.05, 3.63) is 29.3 Å². The van der Waals surface area contributed by atoms with E-state index in [2.05, 4.69) is 61.3 Å². The second-order valence-electron chi connectivity index (χ2n) is 5.58. The molecule has 2 atom stereocenters. The fourth-order valence-electron chi connectivity index (χ4n) is 2.79. The van der Waals surface area contributed by atoms with Crippen molar-refractivity contribution in [3.63, 3.8) is 0 Å². The summed E-state index contributed by atoms with van der Waals surface area (Å²) in [6.45, 7) is 1.14. The van der Waals surface area contributed by atoms with Crippen molar-refractivity contribution in [2.75, 3.05) is 40.6 Å². The van der Waals surface area contributed by atoms with Crippen molar-refractivity contribution >= 4 is 11.8 Å². The number of fused-ring (bicyclic) bond motifs is 1. The molecular weight excluding hydrogens is 268 g/mol. The summed E-state index contributed by atoms with van der Waals surface area (Å²) in [5.41, 5.74) is 2.88. The number of aryl methyl sites for hydroxylation is 1. The van der Waals surface area contributed by atoms with Crippen molar-refractivity contribution in [1.29, 1.82) is 0 Å². The van der Waals surface area contributed by atoms with E-state index in [-0.39, 0.29) is 0 Å². The van der Waals surface area contributed by atoms with Crippen LogP contribution in [0.1, 0.15) is 23.6 Å². The summed E-state index contributed by atoms with van der Waals surface area (Å²) in [5.74, 6) is 2.15. The predicted molar refractivity (Wildman–Crippen MR) is 87.9 cm³/mol. The van der Waals surface area contributed by atoms with E-state index >= 15 is 0 Å². The molecule has 1 aliphatic rings. The molecule has 4 heteroatoms. The van der Waals surface area contributed by atoms with Gasteiger partial charge in [-0.25, -0.2) is 0 Å². The predicted octanol–water partition coefficient (Wildman–Crippen LogP) is 2.57. The number of nitrogens with one attached hydrogen (secondary N) is 1. The van der Waals surface area contributed by atoms with Crippen LogP contribution in [-0.2, 0) is 6.42 Å². The van der Waals surface area contributed by atoms with Gasteiger partial charge in [0.1, 0.15) is 5.75 Å². The van der Waals surface area contributed by atoms with E-state index in [0.29, 0.717) is 11.3 Å². The Balaban J connectivity index is 2.10. The average molecular weight is 294 g/mol. The number of ether oxygens (including phenoxy) is 1. The van der Waals surface area contributed by atoms with Gasteiger partial charge in [-0.05, 0) is 57.2 Å². The van der Waals surface area contributed by atoms with Crippen LogP contribution >= 0.6 is 11.8 Å². The topological polar surface area (TPSA) is 24.5 Å². The van der Waals surface area contributed by atoms with Crippen molar-refractivity contribution in [3.8, 4) is 5.75 Å². The number of benzene rings is 1. The molecule has 1 aromatic rings. The highest BCUT2D eigenvalue weighted by Crippen LogP contribution is 2.38. The van der Waals surface area contributed by atoms with E-state index in [0.717, 1.165) is 12.3 Å². The van der Waals surface area contributed by atoms with Crippen molar-refractivity contribution in [2.45, 2.75) is 24.1 Å². The summed E-state index contributed by atoms with van der Waals surface area (Å²) >= 11 is 2.09. The average Bonchev–Trinajstić information content (AvgIpc) is 2.45. The van der Waals surface area contributed by atoms with Gasteiger partial charge in [-0.2, -0.15) is 11.8 Å². The molecule has 20 heavy (non-hydrogen) atoms. The number of hydrogen-bond donors (Lipinski definition) is 1. The molecule has 0 amide bonds. The van der Waals surface area contributed by atoms with Crippen LogP contribution in [0.3, 0.4) is 0 Å². The monoisotopic (exact) mass is 294 g/mol. The van der Waals surface area contributed by atoms with Crippen LogP contribution in [0.5, 0.6) is 5.75 Å². The molecule has 0 aliphatic heterocycles. The summed E-state index contributed by atoms with van der Waals surface area (Å²) in [4.78, 5) is 2.25. The zero-order valence-electron chi connectivity index (χ0n) is 13.0. The highest BCUT2D eigenvalue weighted by molar-refractivity contribution is 7.99. The molecule has 0 saturated carbocycles. The Morgan fingerprint density at radius 2 is 2.20 bits per heavy atom. The van der Waals surface area contributed by atoms with Crippen LogP contribution in [0, 0.1) is 0 Å². The quantitative estimate of drug-likeness (QED) is 0.871. The molecule has 0 heterocycles. The Labute approximate surface area is 127 Å². The Kier molecular flexibility index (Phi) is 5.75. The largest absolute Gasteiger partial charge is 0.497 e. The molecule has 1 aliphatic carbocycles. The van der Waals surface area contributed by atoms with Gasteiger partial charge in [-0.15, -0.1) is 0 Å². The van der Waals surface area contributed by atoms with E-state index in [1.807, 2.05) is 0 Å². The third kappa shape index (κ3) is 3.68. The van der Waals surface area contributed by atoms with E-state index in [1.165, 1.54) is 29.7 Å². The zero-order chi connectivity index (χ0) is 14.5. The summed E-state index contributed by atoms with van der Waals surface area (Å²) in [5, 5.41) is 4.16. The molecule has 0 fully saturated rings. The molecule has 0 saturated heterocycles. The number of methoxy groups -OCH3 is 1. The number of nitrogens with zero attached hydrogens (tertiary/aromatic N) is 1. The van der Waals surface area contributed by atoms with Gasteiger partial charge in [-0.3, -0.25) is 0 Å². The summed E-state index contributed by atoms with van der Waals surface area (Å²) in [6.07, 6.45) is 2.43. The van der Waals surface area contributed by atoms with Gasteiger partial charge in [-0.1, -0.05) is 6.07 Å². The van der Waals surface area contributed by atoms with Crippen molar-refractivity contribution in [1.82, 2.24) is 10.2 Å². The molecule has 0 aromatic heterocycles. The standard InChI is InChI=1S/C16H26N2OS/c1-17-16-14-11-13(19-4)7-5-12(14)6-8-15(16)20-10-9-18(2)3/h5,7,11,15-17H,6,8-10H2,1-4H3. The van der Waals surface area contributed by atoms with Crippen LogP contribution < -0.4 is 10.1 Å². The third-order valence-corrected chi connectivity index (χ3v) is 5.29. The lowest BCUT2D eigenvalue weighted by Crippen LogP contribution is -2.33. The van der Waals surface area contributed by atoms with E-state index in [1.54, 1.807) is 7.11 Å². The second kappa shape index (κ2) is 7.34. The zero-order valence-corrected chi connectivity index (χ0v) is 13.8. The van der Waals surface area contributed by atoms with Crippen LogP contribution in [0.15, 0.2) is 18.2 Å². The van der Waals surface area contributed by atoms with Gasteiger partial charge >= 0.3 is 0 Å². The first-order valence-electron chi connectivity index (χ1n) is 7.26. The Morgan fingerprint density at radius 3 is 2.85 bits per heavy atom. The molecule has 1 N–H and O–H groups in total. The van der Waals surface area contributed by atoms with Gasteiger partial charge in [0.2, 0.25) is 0 Å². The van der Waals surface area contributed by atoms with Crippen molar-refractivity contribution in [2.24, 2.45) is 0 Å². The van der Waals surface area contributed by atoms with Crippen LogP contribution in [0.4, 0.5) is 0 Å². The fraction of sp³-hybridized carbons (Fsp3) is 0.625. The van der Waals surface area contributed by atoms with Gasteiger partial charge in [0, 0.05) is 23.6 Å². The van der Waals surface area contributed by atoms with Crippen LogP contribution in [0.2, 0.25) is 0 Å². The van der Waals surface area contributed by atoms with E-state index < -0.39 is 0 Å². The first-order valence-corrected chi connectivity index (χ1v) is 8.31. The minimum Gasteiger partial charge on any atom is -0.497 e. The Bertz CT molecular complexity index is 436. The van der Waals surface area contributed by atoms with Crippen LogP contribution in [0.25, 0.3) is 0 Å². The van der Waals surface area contributed by atoms with Gasteiger partial charge in [0.05, 0.1) is 7.11 Å². The maximum absolute atomic E-state index is 5.38. The molecule has 2 rings (SSSR count). The van der Waals surface area contributed by atoms with E-state index in [9.17, 15) is 0 Å². The van der Waals surface area contributed by atoms with E-state index in [4.69, 9.17) is 4.74 Å². The lowest BCUT2D eigenvalue weighted by molar-refractivity contribution is 0.411. The minimum atomic E-state index is 0.431. The molecular formula is C16H26N2OS. The fourth-order valence-corrected chi connectivity index (χ4v) is 4.32. The van der Waals surface area contributed by atoms with Gasteiger partial charge in [0.25, 0.3) is 0 Å². The summed E-state index contributed by atoms with van der Waals surface area (Å²) in [6, 6.07) is 6.93. The lowest BCUT2D eigenvalue weighted by Gasteiger charge is -2.33.